The third-order valence-corrected chi connectivity index (χ3v) is 5.48. The number of rotatable bonds is 4. The van der Waals surface area contributed by atoms with Crippen LogP contribution in [0.1, 0.15) is 10.4 Å². The molecule has 4 rings (SSSR count). The number of carbonyl (C=O) groups is 1. The van der Waals surface area contributed by atoms with E-state index in [1.165, 1.54) is 0 Å². The highest BCUT2D eigenvalue weighted by atomic mass is 35.5. The van der Waals surface area contributed by atoms with Crippen molar-refractivity contribution < 1.29 is 4.79 Å². The quantitative estimate of drug-likeness (QED) is 0.480. The van der Waals surface area contributed by atoms with Crippen LogP contribution in [-0.4, -0.2) is 27.6 Å². The molecule has 0 atom stereocenters. The number of para-hydroxylation sites is 1. The Kier molecular flexibility index (Phi) is 4.82. The maximum atomic E-state index is 13.3. The van der Waals surface area contributed by atoms with Crippen LogP contribution in [0.4, 0.5) is 5.69 Å². The van der Waals surface area contributed by atoms with Crippen LogP contribution in [0, 0.1) is 0 Å². The second kappa shape index (κ2) is 7.40. The van der Waals surface area contributed by atoms with Crippen LogP contribution in [0.3, 0.4) is 0 Å². The van der Waals surface area contributed by atoms with Crippen molar-refractivity contribution in [3.63, 3.8) is 0 Å². The Balaban J connectivity index is 1.84. The molecule has 2 heterocycles. The van der Waals surface area contributed by atoms with Gasteiger partial charge in [-0.15, -0.1) is 11.8 Å². The molecule has 3 aromatic rings. The molecule has 0 N–H and O–H groups in total. The molecular formula is C20H16ClN3OS. The second-order valence-corrected chi connectivity index (χ2v) is 7.32. The van der Waals surface area contributed by atoms with Gasteiger partial charge in [-0.3, -0.25) is 4.79 Å². The van der Waals surface area contributed by atoms with Gasteiger partial charge in [0.2, 0.25) is 5.78 Å². The number of ketones is 1. The summed E-state index contributed by atoms with van der Waals surface area (Å²) in [4.78, 5) is 19.6. The predicted octanol–water partition coefficient (Wildman–Crippen LogP) is 4.80. The molecule has 1 aliphatic heterocycles. The van der Waals surface area contributed by atoms with Crippen molar-refractivity contribution in [3.8, 4) is 0 Å². The van der Waals surface area contributed by atoms with E-state index in [-0.39, 0.29) is 5.78 Å². The third-order valence-electron chi connectivity index (χ3n) is 4.15. The first-order valence-electron chi connectivity index (χ1n) is 8.22. The zero-order chi connectivity index (χ0) is 17.9. The van der Waals surface area contributed by atoms with Crippen LogP contribution in [0.2, 0.25) is 5.02 Å². The lowest BCUT2D eigenvalue weighted by Gasteiger charge is -2.22. The number of carbonyl (C=O) groups excluding carboxylic acids is 1. The number of Topliss-reactive ketones (excluding diaryl/α,β-unsaturated/α-hetero) is 1. The lowest BCUT2D eigenvalue weighted by atomic mass is 10.1. The molecule has 0 amide bonds. The average Bonchev–Trinajstić information content (AvgIpc) is 3.36. The van der Waals surface area contributed by atoms with Crippen molar-refractivity contribution in [2.75, 3.05) is 17.2 Å². The zero-order valence-corrected chi connectivity index (χ0v) is 15.5. The van der Waals surface area contributed by atoms with Crippen LogP contribution >= 0.6 is 23.4 Å². The summed E-state index contributed by atoms with van der Waals surface area (Å²) in [7, 11) is 0. The molecular weight excluding hydrogens is 366 g/mol. The standard InChI is InChI=1S/C20H16ClN3OS/c21-16-8-6-15(7-9-16)19(25)18(23-11-10-22-14-23)20-24(12-13-26-20)17-4-2-1-3-5-17/h1-11,14H,12-13H2/b20-18-. The molecule has 26 heavy (non-hydrogen) atoms. The van der Waals surface area contributed by atoms with Gasteiger partial charge in [-0.1, -0.05) is 29.8 Å². The monoisotopic (exact) mass is 381 g/mol. The lowest BCUT2D eigenvalue weighted by molar-refractivity contribution is 0.105. The van der Waals surface area contributed by atoms with Crippen molar-refractivity contribution in [2.45, 2.75) is 0 Å². The summed E-state index contributed by atoms with van der Waals surface area (Å²) in [5, 5.41) is 1.55. The molecule has 130 valence electrons. The molecule has 0 bridgehead atoms. The van der Waals surface area contributed by atoms with Crippen LogP contribution in [-0.2, 0) is 0 Å². The molecule has 1 fully saturated rings. The number of nitrogens with zero attached hydrogens (tertiary/aromatic N) is 3. The second-order valence-electron chi connectivity index (χ2n) is 5.80. The highest BCUT2D eigenvalue weighted by molar-refractivity contribution is 8.03. The maximum Gasteiger partial charge on any atom is 0.212 e. The molecule has 0 saturated carbocycles. The summed E-state index contributed by atoms with van der Waals surface area (Å²) in [6.45, 7) is 0.857. The van der Waals surface area contributed by atoms with Gasteiger partial charge in [-0.25, -0.2) is 4.98 Å². The predicted molar refractivity (Wildman–Crippen MR) is 107 cm³/mol. The van der Waals surface area contributed by atoms with Gasteiger partial charge in [-0.2, -0.15) is 0 Å². The smallest absolute Gasteiger partial charge is 0.212 e. The van der Waals surface area contributed by atoms with Gasteiger partial charge in [0.25, 0.3) is 0 Å². The first-order valence-corrected chi connectivity index (χ1v) is 9.58. The van der Waals surface area contributed by atoms with E-state index >= 15 is 0 Å². The van der Waals surface area contributed by atoms with E-state index in [4.69, 9.17) is 11.6 Å². The van der Waals surface area contributed by atoms with E-state index in [1.807, 2.05) is 18.2 Å². The molecule has 0 spiro atoms. The van der Waals surface area contributed by atoms with Crippen molar-refractivity contribution in [2.24, 2.45) is 0 Å². The topological polar surface area (TPSA) is 38.1 Å². The van der Waals surface area contributed by atoms with E-state index < -0.39 is 0 Å². The molecule has 1 saturated heterocycles. The molecule has 2 aromatic carbocycles. The van der Waals surface area contributed by atoms with Crippen molar-refractivity contribution in [3.05, 3.63) is 88.9 Å². The minimum Gasteiger partial charge on any atom is -0.334 e. The number of hydrogen-bond acceptors (Lipinski definition) is 4. The number of halogens is 1. The Hall–Kier alpha value is -2.50. The SMILES string of the molecule is O=C(/C(=C1/SCCN1c1ccccc1)n1ccnc1)c1ccc(Cl)cc1. The van der Waals surface area contributed by atoms with Crippen LogP contribution in [0.25, 0.3) is 5.70 Å². The van der Waals surface area contributed by atoms with Crippen LogP contribution < -0.4 is 4.90 Å². The molecule has 6 heteroatoms. The first-order chi connectivity index (χ1) is 12.7. The minimum atomic E-state index is -0.0509. The fourth-order valence-corrected chi connectivity index (χ4v) is 4.20. The number of benzene rings is 2. The molecule has 4 nitrogen and oxygen atoms in total. The van der Waals surface area contributed by atoms with Crippen molar-refractivity contribution in [1.29, 1.82) is 0 Å². The number of imidazole rings is 1. The van der Waals surface area contributed by atoms with Crippen LogP contribution in [0.15, 0.2) is 78.3 Å². The van der Waals surface area contributed by atoms with E-state index in [9.17, 15) is 4.79 Å². The number of thioether (sulfide) groups is 1. The normalized spacial score (nSPS) is 16.0. The van der Waals surface area contributed by atoms with Crippen molar-refractivity contribution >= 4 is 40.5 Å². The van der Waals surface area contributed by atoms with Gasteiger partial charge in [0.05, 0.1) is 6.33 Å². The average molecular weight is 382 g/mol. The summed E-state index contributed by atoms with van der Waals surface area (Å²) >= 11 is 7.66. The highest BCUT2D eigenvalue weighted by Crippen LogP contribution is 2.37. The Labute approximate surface area is 161 Å². The summed E-state index contributed by atoms with van der Waals surface area (Å²) in [5.41, 5.74) is 2.29. The Morgan fingerprint density at radius 3 is 2.54 bits per heavy atom. The van der Waals surface area contributed by atoms with E-state index in [0.717, 1.165) is 23.0 Å². The van der Waals surface area contributed by atoms with Gasteiger partial charge in [-0.05, 0) is 36.4 Å². The molecule has 0 radical (unpaired) electrons. The Morgan fingerprint density at radius 1 is 1.08 bits per heavy atom. The molecule has 1 aromatic heterocycles. The summed E-state index contributed by atoms with van der Waals surface area (Å²) < 4.78 is 1.79. The summed E-state index contributed by atoms with van der Waals surface area (Å²) in [6, 6.07) is 17.1. The number of anilines is 1. The highest BCUT2D eigenvalue weighted by Gasteiger charge is 2.28. The third kappa shape index (κ3) is 3.28. The largest absolute Gasteiger partial charge is 0.334 e. The number of hydrogen-bond donors (Lipinski definition) is 0. The fourth-order valence-electron chi connectivity index (χ4n) is 2.92. The number of aromatic nitrogens is 2. The summed E-state index contributed by atoms with van der Waals surface area (Å²) in [6.07, 6.45) is 5.15. The van der Waals surface area contributed by atoms with Gasteiger partial charge in [0.1, 0.15) is 10.7 Å². The van der Waals surface area contributed by atoms with Gasteiger partial charge in [0.15, 0.2) is 0 Å². The Bertz CT molecular complexity index is 937. The van der Waals surface area contributed by atoms with E-state index in [1.54, 1.807) is 59.3 Å². The van der Waals surface area contributed by atoms with Gasteiger partial charge in [0, 0.05) is 41.0 Å². The molecule has 0 aliphatic carbocycles. The maximum absolute atomic E-state index is 13.3. The summed E-state index contributed by atoms with van der Waals surface area (Å²) in [5.74, 6) is 0.876. The number of allylic oxidation sites excluding steroid dienone is 1. The molecule has 1 aliphatic rings. The lowest BCUT2D eigenvalue weighted by Crippen LogP contribution is -2.21. The fraction of sp³-hybridized carbons (Fsp3) is 0.100. The Morgan fingerprint density at radius 2 is 1.85 bits per heavy atom. The van der Waals surface area contributed by atoms with Gasteiger partial charge >= 0.3 is 0 Å². The molecule has 0 unspecified atom stereocenters. The zero-order valence-electron chi connectivity index (χ0n) is 13.9. The minimum absolute atomic E-state index is 0.0509. The van der Waals surface area contributed by atoms with Crippen LogP contribution in [0.5, 0.6) is 0 Å². The van der Waals surface area contributed by atoms with Crippen molar-refractivity contribution in [1.82, 2.24) is 9.55 Å². The van der Waals surface area contributed by atoms with E-state index in [2.05, 4.69) is 22.0 Å². The van der Waals surface area contributed by atoms with Gasteiger partial charge < -0.3 is 9.47 Å². The van der Waals surface area contributed by atoms with E-state index in [0.29, 0.717) is 16.3 Å². The first kappa shape index (κ1) is 16.9.